The molecule has 0 bridgehead atoms. The molecule has 0 aromatic heterocycles. The summed E-state index contributed by atoms with van der Waals surface area (Å²) in [5.74, 6) is -0.289. The van der Waals surface area contributed by atoms with E-state index >= 15 is 0 Å². The molecule has 1 amide bonds. The van der Waals surface area contributed by atoms with Crippen LogP contribution in [0.1, 0.15) is 24.5 Å². The monoisotopic (exact) mass is 366 g/mol. The van der Waals surface area contributed by atoms with Gasteiger partial charge in [0.25, 0.3) is 0 Å². The quantitative estimate of drug-likeness (QED) is 0.707. The first-order valence-corrected chi connectivity index (χ1v) is 9.47. The minimum atomic E-state index is -0.305. The van der Waals surface area contributed by atoms with Crippen LogP contribution in [-0.2, 0) is 27.3 Å². The summed E-state index contributed by atoms with van der Waals surface area (Å²) < 4.78 is 5.09. The SMILES string of the molecule is CCOC(=O)CN(CC(=O)N1CCCc2ccccc21)Cc1ccccc1. The first kappa shape index (κ1) is 19.1. The number of fused-ring (bicyclic) bond motifs is 1. The molecule has 27 heavy (non-hydrogen) atoms. The van der Waals surface area contributed by atoms with Crippen LogP contribution in [0.2, 0.25) is 0 Å². The Hall–Kier alpha value is -2.66. The molecule has 0 fully saturated rings. The molecule has 0 atom stereocenters. The standard InChI is InChI=1S/C22H26N2O3/c1-2-27-22(26)17-23(15-18-9-4-3-5-10-18)16-21(25)24-14-8-12-19-11-6-7-13-20(19)24/h3-7,9-11,13H,2,8,12,14-17H2,1H3. The highest BCUT2D eigenvalue weighted by Gasteiger charge is 2.24. The number of para-hydroxylation sites is 1. The van der Waals surface area contributed by atoms with Crippen molar-refractivity contribution in [3.8, 4) is 0 Å². The molecular weight excluding hydrogens is 340 g/mol. The van der Waals surface area contributed by atoms with Crippen LogP contribution in [0.15, 0.2) is 54.6 Å². The predicted octanol–water partition coefficient (Wildman–Crippen LogP) is 3.03. The summed E-state index contributed by atoms with van der Waals surface area (Å²) in [5, 5.41) is 0. The maximum absolute atomic E-state index is 13.0. The van der Waals surface area contributed by atoms with E-state index < -0.39 is 0 Å². The maximum Gasteiger partial charge on any atom is 0.320 e. The van der Waals surface area contributed by atoms with Gasteiger partial charge in [0.1, 0.15) is 0 Å². The number of hydrogen-bond donors (Lipinski definition) is 0. The van der Waals surface area contributed by atoms with Crippen LogP contribution in [0, 0.1) is 0 Å². The van der Waals surface area contributed by atoms with Crippen LogP contribution < -0.4 is 4.90 Å². The molecule has 5 heteroatoms. The second kappa shape index (κ2) is 9.33. The Balaban J connectivity index is 1.73. The van der Waals surface area contributed by atoms with E-state index in [4.69, 9.17) is 4.74 Å². The van der Waals surface area contributed by atoms with Crippen molar-refractivity contribution in [3.05, 3.63) is 65.7 Å². The number of benzene rings is 2. The maximum atomic E-state index is 13.0. The van der Waals surface area contributed by atoms with E-state index in [1.165, 1.54) is 5.56 Å². The van der Waals surface area contributed by atoms with Crippen molar-refractivity contribution in [2.45, 2.75) is 26.3 Å². The molecule has 142 valence electrons. The zero-order valence-electron chi connectivity index (χ0n) is 15.8. The van der Waals surface area contributed by atoms with Gasteiger partial charge in [0.2, 0.25) is 5.91 Å². The Morgan fingerprint density at radius 3 is 2.56 bits per heavy atom. The third-order valence-electron chi connectivity index (χ3n) is 4.68. The summed E-state index contributed by atoms with van der Waals surface area (Å²) in [6.45, 7) is 3.65. The van der Waals surface area contributed by atoms with E-state index in [1.807, 2.05) is 58.3 Å². The van der Waals surface area contributed by atoms with Crippen LogP contribution in [0.4, 0.5) is 5.69 Å². The predicted molar refractivity (Wildman–Crippen MR) is 105 cm³/mol. The number of nitrogens with zero attached hydrogens (tertiary/aromatic N) is 2. The number of hydrogen-bond acceptors (Lipinski definition) is 4. The van der Waals surface area contributed by atoms with Gasteiger partial charge in [-0.2, -0.15) is 0 Å². The van der Waals surface area contributed by atoms with Crippen molar-refractivity contribution in [1.82, 2.24) is 4.90 Å². The van der Waals surface area contributed by atoms with E-state index in [-0.39, 0.29) is 25.0 Å². The van der Waals surface area contributed by atoms with Gasteiger partial charge in [-0.1, -0.05) is 48.5 Å². The molecular formula is C22H26N2O3. The number of aryl methyl sites for hydroxylation is 1. The highest BCUT2D eigenvalue weighted by Crippen LogP contribution is 2.26. The molecule has 0 radical (unpaired) electrons. The molecule has 0 saturated heterocycles. The van der Waals surface area contributed by atoms with Crippen molar-refractivity contribution < 1.29 is 14.3 Å². The Bertz CT molecular complexity index is 776. The average molecular weight is 366 g/mol. The number of rotatable bonds is 7. The van der Waals surface area contributed by atoms with Crippen molar-refractivity contribution in [1.29, 1.82) is 0 Å². The van der Waals surface area contributed by atoms with Gasteiger partial charge in [-0.15, -0.1) is 0 Å². The van der Waals surface area contributed by atoms with Gasteiger partial charge in [0.15, 0.2) is 0 Å². The van der Waals surface area contributed by atoms with Gasteiger partial charge in [-0.25, -0.2) is 0 Å². The zero-order valence-corrected chi connectivity index (χ0v) is 15.8. The van der Waals surface area contributed by atoms with Crippen LogP contribution in [-0.4, -0.2) is 43.0 Å². The summed E-state index contributed by atoms with van der Waals surface area (Å²) in [6, 6.07) is 17.9. The van der Waals surface area contributed by atoms with Crippen LogP contribution in [0.3, 0.4) is 0 Å². The molecule has 2 aromatic carbocycles. The van der Waals surface area contributed by atoms with Crippen molar-refractivity contribution in [2.75, 3.05) is 31.1 Å². The zero-order chi connectivity index (χ0) is 19.1. The lowest BCUT2D eigenvalue weighted by Gasteiger charge is -2.31. The number of esters is 1. The molecule has 0 saturated carbocycles. The Labute approximate surface area is 160 Å². The molecule has 0 N–H and O–H groups in total. The van der Waals surface area contributed by atoms with E-state index in [9.17, 15) is 9.59 Å². The second-order valence-corrected chi connectivity index (χ2v) is 6.71. The molecule has 0 aliphatic carbocycles. The summed E-state index contributed by atoms with van der Waals surface area (Å²) in [7, 11) is 0. The first-order chi connectivity index (χ1) is 13.2. The lowest BCUT2D eigenvalue weighted by atomic mass is 10.0. The molecule has 0 spiro atoms. The number of carbonyl (C=O) groups is 2. The summed E-state index contributed by atoms with van der Waals surface area (Å²) in [4.78, 5) is 28.7. The minimum absolute atomic E-state index is 0.0161. The highest BCUT2D eigenvalue weighted by atomic mass is 16.5. The normalized spacial score (nSPS) is 13.3. The number of anilines is 1. The number of ether oxygens (including phenoxy) is 1. The second-order valence-electron chi connectivity index (χ2n) is 6.71. The fourth-order valence-electron chi connectivity index (χ4n) is 3.47. The Kier molecular flexibility index (Phi) is 6.60. The Morgan fingerprint density at radius 2 is 1.78 bits per heavy atom. The van der Waals surface area contributed by atoms with Crippen molar-refractivity contribution in [3.63, 3.8) is 0 Å². The van der Waals surface area contributed by atoms with Gasteiger partial charge in [0.05, 0.1) is 19.7 Å². The molecule has 5 nitrogen and oxygen atoms in total. The molecule has 0 unspecified atom stereocenters. The largest absolute Gasteiger partial charge is 0.465 e. The third-order valence-corrected chi connectivity index (χ3v) is 4.68. The van der Waals surface area contributed by atoms with Crippen LogP contribution >= 0.6 is 0 Å². The number of carbonyl (C=O) groups excluding carboxylic acids is 2. The lowest BCUT2D eigenvalue weighted by Crippen LogP contribution is -2.44. The molecule has 3 rings (SSSR count). The van der Waals surface area contributed by atoms with Crippen LogP contribution in [0.5, 0.6) is 0 Å². The van der Waals surface area contributed by atoms with E-state index in [1.54, 1.807) is 6.92 Å². The van der Waals surface area contributed by atoms with Crippen molar-refractivity contribution >= 4 is 17.6 Å². The smallest absolute Gasteiger partial charge is 0.320 e. The fourth-order valence-corrected chi connectivity index (χ4v) is 3.47. The van der Waals surface area contributed by atoms with Gasteiger partial charge in [-0.05, 0) is 37.0 Å². The average Bonchev–Trinajstić information content (AvgIpc) is 2.68. The van der Waals surface area contributed by atoms with Gasteiger partial charge in [-0.3, -0.25) is 14.5 Å². The topological polar surface area (TPSA) is 49.9 Å². The van der Waals surface area contributed by atoms with E-state index in [2.05, 4.69) is 6.07 Å². The van der Waals surface area contributed by atoms with Gasteiger partial charge < -0.3 is 9.64 Å². The van der Waals surface area contributed by atoms with E-state index in [0.29, 0.717) is 19.7 Å². The number of amides is 1. The molecule has 2 aromatic rings. The summed E-state index contributed by atoms with van der Waals surface area (Å²) >= 11 is 0. The van der Waals surface area contributed by atoms with Crippen LogP contribution in [0.25, 0.3) is 0 Å². The summed E-state index contributed by atoms with van der Waals surface area (Å²) in [6.07, 6.45) is 1.95. The lowest BCUT2D eigenvalue weighted by molar-refractivity contribution is -0.144. The fraction of sp³-hybridized carbons (Fsp3) is 0.364. The molecule has 1 aliphatic rings. The highest BCUT2D eigenvalue weighted by molar-refractivity contribution is 5.96. The summed E-state index contributed by atoms with van der Waals surface area (Å²) in [5.41, 5.74) is 3.26. The molecule has 1 aliphatic heterocycles. The van der Waals surface area contributed by atoms with Gasteiger partial charge in [0, 0.05) is 18.8 Å². The molecule has 1 heterocycles. The third kappa shape index (κ3) is 5.17. The first-order valence-electron chi connectivity index (χ1n) is 9.47. The minimum Gasteiger partial charge on any atom is -0.465 e. The van der Waals surface area contributed by atoms with Gasteiger partial charge >= 0.3 is 5.97 Å². The Morgan fingerprint density at radius 1 is 1.04 bits per heavy atom. The van der Waals surface area contributed by atoms with E-state index in [0.717, 1.165) is 24.1 Å². The van der Waals surface area contributed by atoms with Crippen molar-refractivity contribution in [2.24, 2.45) is 0 Å².